The zero-order valence-corrected chi connectivity index (χ0v) is 7.31. The first-order chi connectivity index (χ1) is 5.56. The van der Waals surface area contributed by atoms with E-state index in [4.69, 9.17) is 11.5 Å². The van der Waals surface area contributed by atoms with Crippen molar-refractivity contribution in [2.75, 3.05) is 0 Å². The molecule has 0 heterocycles. The van der Waals surface area contributed by atoms with Gasteiger partial charge in [-0.05, 0) is 32.1 Å². The normalized spacial score (nSPS) is 46.1. The van der Waals surface area contributed by atoms with Gasteiger partial charge in [0.15, 0.2) is 0 Å². The van der Waals surface area contributed by atoms with Crippen molar-refractivity contribution >= 4 is 5.91 Å². The Hall–Kier alpha value is -0.570. The molecule has 3 nitrogen and oxygen atoms in total. The molecule has 2 fully saturated rings. The second kappa shape index (κ2) is 2.22. The lowest BCUT2D eigenvalue weighted by Gasteiger charge is -2.34. The Labute approximate surface area is 72.5 Å². The molecule has 0 spiro atoms. The minimum absolute atomic E-state index is 0.0622. The minimum atomic E-state index is -0.229. The molecule has 0 saturated heterocycles. The molecule has 68 valence electrons. The maximum Gasteiger partial charge on any atom is 0.223 e. The fraction of sp³-hybridized carbons (Fsp3) is 0.889. The monoisotopic (exact) mass is 168 g/mol. The molecule has 2 atom stereocenters. The van der Waals surface area contributed by atoms with Gasteiger partial charge in [-0.2, -0.15) is 0 Å². The maximum atomic E-state index is 11.2. The van der Waals surface area contributed by atoms with Gasteiger partial charge in [0, 0.05) is 5.54 Å². The molecule has 0 radical (unpaired) electrons. The zero-order valence-electron chi connectivity index (χ0n) is 7.31. The highest BCUT2D eigenvalue weighted by Gasteiger charge is 2.52. The summed E-state index contributed by atoms with van der Waals surface area (Å²) in [7, 11) is 0. The molecule has 4 N–H and O–H groups in total. The van der Waals surface area contributed by atoms with Crippen molar-refractivity contribution in [2.45, 2.75) is 44.1 Å². The van der Waals surface area contributed by atoms with E-state index in [1.165, 1.54) is 0 Å². The Balaban J connectivity index is 2.25. The van der Waals surface area contributed by atoms with Gasteiger partial charge in [0.25, 0.3) is 0 Å². The minimum Gasteiger partial charge on any atom is -0.369 e. The quantitative estimate of drug-likeness (QED) is 0.599. The van der Waals surface area contributed by atoms with E-state index in [0.717, 1.165) is 38.5 Å². The number of nitrogens with two attached hydrogens (primary N) is 2. The Morgan fingerprint density at radius 3 is 2.50 bits per heavy atom. The number of fused-ring (bicyclic) bond motifs is 2. The molecule has 0 aromatic rings. The van der Waals surface area contributed by atoms with Crippen molar-refractivity contribution in [3.63, 3.8) is 0 Å². The van der Waals surface area contributed by atoms with Gasteiger partial charge in [-0.3, -0.25) is 4.79 Å². The zero-order chi connectivity index (χ0) is 8.82. The average Bonchev–Trinajstić information content (AvgIpc) is 2.24. The molecule has 0 aliphatic heterocycles. The lowest BCUT2D eigenvalue weighted by atomic mass is 9.73. The number of amides is 1. The first kappa shape index (κ1) is 8.05. The van der Waals surface area contributed by atoms with Crippen LogP contribution >= 0.6 is 0 Å². The molecule has 0 unspecified atom stereocenters. The Morgan fingerprint density at radius 1 is 1.17 bits per heavy atom. The highest BCUT2D eigenvalue weighted by Crippen LogP contribution is 2.52. The lowest BCUT2D eigenvalue weighted by Crippen LogP contribution is -2.45. The van der Waals surface area contributed by atoms with Gasteiger partial charge in [0.2, 0.25) is 5.91 Å². The SMILES string of the molecule is NC(=O)[C@@]12CCC[C@@](N)(CC1)C2. The summed E-state index contributed by atoms with van der Waals surface area (Å²) < 4.78 is 0. The maximum absolute atomic E-state index is 11.2. The van der Waals surface area contributed by atoms with E-state index >= 15 is 0 Å². The van der Waals surface area contributed by atoms with Gasteiger partial charge in [0.05, 0.1) is 5.41 Å². The number of carbonyl (C=O) groups excluding carboxylic acids is 1. The third-order valence-corrected chi connectivity index (χ3v) is 3.64. The fourth-order valence-electron chi connectivity index (χ4n) is 2.88. The van der Waals surface area contributed by atoms with E-state index in [1.54, 1.807) is 0 Å². The van der Waals surface area contributed by atoms with Gasteiger partial charge >= 0.3 is 0 Å². The third-order valence-electron chi connectivity index (χ3n) is 3.64. The Bertz CT molecular complexity index is 229. The van der Waals surface area contributed by atoms with Crippen molar-refractivity contribution in [2.24, 2.45) is 16.9 Å². The van der Waals surface area contributed by atoms with E-state index in [-0.39, 0.29) is 16.9 Å². The highest BCUT2D eigenvalue weighted by molar-refractivity contribution is 5.81. The van der Waals surface area contributed by atoms with Crippen molar-refractivity contribution in [3.05, 3.63) is 0 Å². The average molecular weight is 168 g/mol. The molecule has 0 aromatic carbocycles. The summed E-state index contributed by atoms with van der Waals surface area (Å²) in [4.78, 5) is 11.2. The summed E-state index contributed by atoms with van der Waals surface area (Å²) in [5.74, 6) is -0.130. The highest BCUT2D eigenvalue weighted by atomic mass is 16.1. The number of hydrogen-bond acceptors (Lipinski definition) is 2. The molecular formula is C9H16N2O. The summed E-state index contributed by atoms with van der Waals surface area (Å²) >= 11 is 0. The Morgan fingerprint density at radius 2 is 1.92 bits per heavy atom. The standard InChI is InChI=1S/C9H16N2O/c10-7(12)8-2-1-3-9(11,6-8)5-4-8/h1-6,11H2,(H2,10,12)/t8-,9+/m0/s1. The molecule has 2 rings (SSSR count). The topological polar surface area (TPSA) is 69.1 Å². The van der Waals surface area contributed by atoms with E-state index in [0.29, 0.717) is 0 Å². The summed E-state index contributed by atoms with van der Waals surface area (Å²) in [5, 5.41) is 0. The van der Waals surface area contributed by atoms with Crippen LogP contribution in [0.15, 0.2) is 0 Å². The smallest absolute Gasteiger partial charge is 0.223 e. The van der Waals surface area contributed by atoms with Crippen molar-refractivity contribution < 1.29 is 4.79 Å². The van der Waals surface area contributed by atoms with Crippen LogP contribution in [0, 0.1) is 5.41 Å². The Kier molecular flexibility index (Phi) is 1.49. The number of carbonyl (C=O) groups is 1. The molecule has 1 amide bonds. The first-order valence-corrected chi connectivity index (χ1v) is 4.65. The molecular weight excluding hydrogens is 152 g/mol. The molecule has 2 aliphatic carbocycles. The fourth-order valence-corrected chi connectivity index (χ4v) is 2.88. The molecule has 2 saturated carbocycles. The molecule has 3 heteroatoms. The largest absolute Gasteiger partial charge is 0.369 e. The van der Waals surface area contributed by atoms with E-state index < -0.39 is 0 Å². The molecule has 12 heavy (non-hydrogen) atoms. The van der Waals surface area contributed by atoms with Gasteiger partial charge in [-0.15, -0.1) is 0 Å². The molecule has 2 aliphatic rings. The van der Waals surface area contributed by atoms with Crippen LogP contribution < -0.4 is 11.5 Å². The summed E-state index contributed by atoms with van der Waals surface area (Å²) in [6.45, 7) is 0. The third kappa shape index (κ3) is 0.959. The first-order valence-electron chi connectivity index (χ1n) is 4.65. The molecule has 0 aromatic heterocycles. The van der Waals surface area contributed by atoms with Crippen LogP contribution in [0.1, 0.15) is 38.5 Å². The van der Waals surface area contributed by atoms with Gasteiger partial charge in [0.1, 0.15) is 0 Å². The van der Waals surface area contributed by atoms with E-state index in [1.807, 2.05) is 0 Å². The van der Waals surface area contributed by atoms with Crippen molar-refractivity contribution in [3.8, 4) is 0 Å². The second-order valence-electron chi connectivity index (χ2n) is 4.54. The second-order valence-corrected chi connectivity index (χ2v) is 4.54. The number of rotatable bonds is 1. The number of hydrogen-bond donors (Lipinski definition) is 2. The van der Waals surface area contributed by atoms with Crippen LogP contribution in [0.5, 0.6) is 0 Å². The lowest BCUT2D eigenvalue weighted by molar-refractivity contribution is -0.128. The van der Waals surface area contributed by atoms with Gasteiger partial charge < -0.3 is 11.5 Å². The predicted molar refractivity (Wildman–Crippen MR) is 46.2 cm³/mol. The predicted octanol–water partition coefficient (Wildman–Crippen LogP) is 0.523. The van der Waals surface area contributed by atoms with E-state index in [9.17, 15) is 4.79 Å². The van der Waals surface area contributed by atoms with Crippen LogP contribution in [0.25, 0.3) is 0 Å². The van der Waals surface area contributed by atoms with Crippen LogP contribution in [-0.4, -0.2) is 11.4 Å². The van der Waals surface area contributed by atoms with Crippen molar-refractivity contribution in [1.29, 1.82) is 0 Å². The van der Waals surface area contributed by atoms with E-state index in [2.05, 4.69) is 0 Å². The van der Waals surface area contributed by atoms with Crippen LogP contribution in [0.3, 0.4) is 0 Å². The van der Waals surface area contributed by atoms with Gasteiger partial charge in [-0.1, -0.05) is 6.42 Å². The summed E-state index contributed by atoms with van der Waals surface area (Å²) in [6.07, 6.45) is 5.83. The van der Waals surface area contributed by atoms with Crippen LogP contribution in [0.4, 0.5) is 0 Å². The van der Waals surface area contributed by atoms with Gasteiger partial charge in [-0.25, -0.2) is 0 Å². The molecule has 2 bridgehead atoms. The van der Waals surface area contributed by atoms with Crippen molar-refractivity contribution in [1.82, 2.24) is 0 Å². The summed E-state index contributed by atoms with van der Waals surface area (Å²) in [6, 6.07) is 0. The van der Waals surface area contributed by atoms with Crippen LogP contribution in [-0.2, 0) is 4.79 Å². The van der Waals surface area contributed by atoms with Crippen LogP contribution in [0.2, 0.25) is 0 Å². The summed E-state index contributed by atoms with van der Waals surface area (Å²) in [5.41, 5.74) is 11.2. The number of primary amides is 1.